The van der Waals surface area contributed by atoms with Gasteiger partial charge in [-0.1, -0.05) is 54.1 Å². The molecule has 0 aliphatic heterocycles. The number of hydrogen-bond acceptors (Lipinski definition) is 1. The van der Waals surface area contributed by atoms with Gasteiger partial charge in [0.1, 0.15) is 5.75 Å². The SMILES string of the molecule is CCOc1ccc(C(Br)CCC2CCCCC2)cc1Br. The summed E-state index contributed by atoms with van der Waals surface area (Å²) in [6.07, 6.45) is 9.77. The van der Waals surface area contributed by atoms with Crippen LogP contribution in [0.3, 0.4) is 0 Å². The van der Waals surface area contributed by atoms with Crippen LogP contribution in [0, 0.1) is 5.92 Å². The molecule has 1 atom stereocenters. The predicted molar refractivity (Wildman–Crippen MR) is 92.8 cm³/mol. The van der Waals surface area contributed by atoms with E-state index in [1.54, 1.807) is 0 Å². The summed E-state index contributed by atoms with van der Waals surface area (Å²) in [5.74, 6) is 1.89. The van der Waals surface area contributed by atoms with Gasteiger partial charge in [-0.05, 0) is 59.3 Å². The van der Waals surface area contributed by atoms with Crippen LogP contribution in [-0.4, -0.2) is 6.61 Å². The molecule has 3 heteroatoms. The number of halogens is 2. The second-order valence-electron chi connectivity index (χ2n) is 5.67. The molecule has 1 aliphatic rings. The van der Waals surface area contributed by atoms with E-state index in [2.05, 4.69) is 50.1 Å². The van der Waals surface area contributed by atoms with Gasteiger partial charge in [-0.25, -0.2) is 0 Å². The number of ether oxygens (including phenoxy) is 1. The van der Waals surface area contributed by atoms with Gasteiger partial charge in [0.15, 0.2) is 0 Å². The van der Waals surface area contributed by atoms with Crippen molar-refractivity contribution in [2.75, 3.05) is 6.61 Å². The van der Waals surface area contributed by atoms with E-state index in [1.165, 1.54) is 50.5 Å². The minimum absolute atomic E-state index is 0.455. The first-order valence-corrected chi connectivity index (χ1v) is 9.48. The minimum Gasteiger partial charge on any atom is -0.493 e. The second-order valence-corrected chi connectivity index (χ2v) is 7.63. The van der Waals surface area contributed by atoms with Crippen molar-refractivity contribution in [3.05, 3.63) is 28.2 Å². The van der Waals surface area contributed by atoms with Crippen LogP contribution in [0.1, 0.15) is 62.3 Å². The highest BCUT2D eigenvalue weighted by atomic mass is 79.9. The third-order valence-electron chi connectivity index (χ3n) is 4.17. The third kappa shape index (κ3) is 4.77. The first-order chi connectivity index (χ1) is 9.70. The number of hydrogen-bond donors (Lipinski definition) is 0. The Hall–Kier alpha value is -0.0200. The molecule has 112 valence electrons. The summed E-state index contributed by atoms with van der Waals surface area (Å²) < 4.78 is 6.62. The van der Waals surface area contributed by atoms with Crippen molar-refractivity contribution in [1.82, 2.24) is 0 Å². The molecule has 1 aromatic carbocycles. The van der Waals surface area contributed by atoms with Crippen LogP contribution in [-0.2, 0) is 0 Å². The van der Waals surface area contributed by atoms with Crippen LogP contribution in [0.5, 0.6) is 5.75 Å². The zero-order chi connectivity index (χ0) is 14.4. The summed E-state index contributed by atoms with van der Waals surface area (Å²) in [4.78, 5) is 0.455. The Bertz CT molecular complexity index is 413. The highest BCUT2D eigenvalue weighted by molar-refractivity contribution is 9.10. The fraction of sp³-hybridized carbons (Fsp3) is 0.647. The van der Waals surface area contributed by atoms with Gasteiger partial charge in [0, 0.05) is 4.83 Å². The van der Waals surface area contributed by atoms with Crippen LogP contribution >= 0.6 is 31.9 Å². The lowest BCUT2D eigenvalue weighted by Gasteiger charge is -2.22. The molecule has 0 radical (unpaired) electrons. The molecule has 1 fully saturated rings. The van der Waals surface area contributed by atoms with Gasteiger partial charge >= 0.3 is 0 Å². The summed E-state index contributed by atoms with van der Waals surface area (Å²) in [6, 6.07) is 6.43. The van der Waals surface area contributed by atoms with Gasteiger partial charge in [-0.15, -0.1) is 0 Å². The van der Waals surface area contributed by atoms with Crippen molar-refractivity contribution in [2.24, 2.45) is 5.92 Å². The van der Waals surface area contributed by atoms with Crippen molar-refractivity contribution in [2.45, 2.75) is 56.7 Å². The fourth-order valence-corrected chi connectivity index (χ4v) is 4.07. The Morgan fingerprint density at radius 1 is 1.25 bits per heavy atom. The average Bonchev–Trinajstić information content (AvgIpc) is 2.48. The molecule has 1 aromatic rings. The van der Waals surface area contributed by atoms with Gasteiger partial charge in [-0.3, -0.25) is 0 Å². The lowest BCUT2D eigenvalue weighted by Crippen LogP contribution is -2.07. The van der Waals surface area contributed by atoms with E-state index < -0.39 is 0 Å². The monoisotopic (exact) mass is 402 g/mol. The van der Waals surface area contributed by atoms with Crippen LogP contribution < -0.4 is 4.74 Å². The standard InChI is InChI=1S/C17H24Br2O/c1-2-20-17-11-9-14(12-16(17)19)15(18)10-8-13-6-4-3-5-7-13/h9,11-13,15H,2-8,10H2,1H3. The predicted octanol–water partition coefficient (Wildman–Crippen LogP) is 6.64. The van der Waals surface area contributed by atoms with Crippen molar-refractivity contribution >= 4 is 31.9 Å². The van der Waals surface area contributed by atoms with E-state index in [0.29, 0.717) is 11.4 Å². The number of alkyl halides is 1. The first kappa shape index (κ1) is 16.4. The molecule has 0 spiro atoms. The van der Waals surface area contributed by atoms with Gasteiger partial charge in [0.25, 0.3) is 0 Å². The Kier molecular flexibility index (Phi) is 6.89. The summed E-state index contributed by atoms with van der Waals surface area (Å²) in [6.45, 7) is 2.72. The number of benzene rings is 1. The molecule has 2 rings (SSSR count). The molecule has 1 aliphatic carbocycles. The van der Waals surface area contributed by atoms with Crippen LogP contribution in [0.4, 0.5) is 0 Å². The molecule has 1 unspecified atom stereocenters. The molecule has 0 heterocycles. The summed E-state index contributed by atoms with van der Waals surface area (Å²) in [5.41, 5.74) is 1.34. The summed E-state index contributed by atoms with van der Waals surface area (Å²) in [5, 5.41) is 0. The topological polar surface area (TPSA) is 9.23 Å². The zero-order valence-corrected chi connectivity index (χ0v) is 15.4. The molecule has 1 saturated carbocycles. The highest BCUT2D eigenvalue weighted by Gasteiger charge is 2.16. The fourth-order valence-electron chi connectivity index (χ4n) is 3.01. The Morgan fingerprint density at radius 3 is 2.65 bits per heavy atom. The zero-order valence-electron chi connectivity index (χ0n) is 12.2. The molecular formula is C17H24Br2O. The third-order valence-corrected chi connectivity index (χ3v) is 5.78. The maximum atomic E-state index is 5.56. The maximum absolute atomic E-state index is 5.56. The molecular weight excluding hydrogens is 380 g/mol. The Morgan fingerprint density at radius 2 is 2.00 bits per heavy atom. The molecule has 0 saturated heterocycles. The van der Waals surface area contributed by atoms with Crippen LogP contribution in [0.2, 0.25) is 0 Å². The van der Waals surface area contributed by atoms with Crippen molar-refractivity contribution < 1.29 is 4.74 Å². The highest BCUT2D eigenvalue weighted by Crippen LogP contribution is 2.36. The lowest BCUT2D eigenvalue weighted by atomic mass is 9.85. The van der Waals surface area contributed by atoms with E-state index >= 15 is 0 Å². The van der Waals surface area contributed by atoms with Crippen LogP contribution in [0.25, 0.3) is 0 Å². The Balaban J connectivity index is 1.88. The molecule has 0 N–H and O–H groups in total. The normalized spacial score (nSPS) is 17.9. The van der Waals surface area contributed by atoms with E-state index in [-0.39, 0.29) is 0 Å². The summed E-state index contributed by atoms with van der Waals surface area (Å²) in [7, 11) is 0. The van der Waals surface area contributed by atoms with Gasteiger partial charge in [0.2, 0.25) is 0 Å². The summed E-state index contributed by atoms with van der Waals surface area (Å²) >= 11 is 7.45. The molecule has 1 nitrogen and oxygen atoms in total. The van der Waals surface area contributed by atoms with Crippen molar-refractivity contribution in [3.8, 4) is 5.75 Å². The average molecular weight is 404 g/mol. The van der Waals surface area contributed by atoms with Crippen molar-refractivity contribution in [3.63, 3.8) is 0 Å². The van der Waals surface area contributed by atoms with Gasteiger partial charge in [0.05, 0.1) is 11.1 Å². The molecule has 0 amide bonds. The van der Waals surface area contributed by atoms with Crippen LogP contribution in [0.15, 0.2) is 22.7 Å². The van der Waals surface area contributed by atoms with Gasteiger partial charge in [-0.2, -0.15) is 0 Å². The Labute approximate surface area is 139 Å². The van der Waals surface area contributed by atoms with Gasteiger partial charge < -0.3 is 4.74 Å². The maximum Gasteiger partial charge on any atom is 0.133 e. The minimum atomic E-state index is 0.455. The largest absolute Gasteiger partial charge is 0.493 e. The molecule has 0 bridgehead atoms. The second kappa shape index (κ2) is 8.43. The lowest BCUT2D eigenvalue weighted by molar-refractivity contribution is 0.332. The molecule has 20 heavy (non-hydrogen) atoms. The van der Waals surface area contributed by atoms with E-state index in [9.17, 15) is 0 Å². The molecule has 0 aromatic heterocycles. The number of rotatable bonds is 6. The quantitative estimate of drug-likeness (QED) is 0.483. The smallest absolute Gasteiger partial charge is 0.133 e. The van der Waals surface area contributed by atoms with Crippen molar-refractivity contribution in [1.29, 1.82) is 0 Å². The van der Waals surface area contributed by atoms with E-state index in [1.807, 2.05) is 6.92 Å². The van der Waals surface area contributed by atoms with E-state index in [0.717, 1.165) is 16.1 Å². The first-order valence-electron chi connectivity index (χ1n) is 7.77. The van der Waals surface area contributed by atoms with E-state index in [4.69, 9.17) is 4.74 Å².